The number of rotatable bonds is 5. The average Bonchev–Trinajstić information content (AvgIpc) is 2.89. The highest BCUT2D eigenvalue weighted by Crippen LogP contribution is 2.20. The zero-order chi connectivity index (χ0) is 13.0. The second-order valence-electron chi connectivity index (χ2n) is 4.21. The Morgan fingerprint density at radius 3 is 2.72 bits per heavy atom. The van der Waals surface area contributed by atoms with Crippen LogP contribution >= 0.6 is 11.3 Å². The summed E-state index contributed by atoms with van der Waals surface area (Å²) in [6.45, 7) is 5.71. The van der Waals surface area contributed by atoms with Crippen molar-refractivity contribution in [2.45, 2.75) is 26.5 Å². The Labute approximate surface area is 112 Å². The first-order valence-corrected chi connectivity index (χ1v) is 7.00. The van der Waals surface area contributed by atoms with Crippen LogP contribution in [0.2, 0.25) is 0 Å². The van der Waals surface area contributed by atoms with Crippen molar-refractivity contribution in [3.63, 3.8) is 0 Å². The van der Waals surface area contributed by atoms with Crippen molar-refractivity contribution in [3.05, 3.63) is 46.4 Å². The molecular weight excluding hydrogens is 244 g/mol. The molecule has 1 unspecified atom stereocenters. The van der Waals surface area contributed by atoms with Crippen molar-refractivity contribution in [1.82, 2.24) is 4.98 Å². The lowest BCUT2D eigenvalue weighted by molar-refractivity contribution is 0.194. The van der Waals surface area contributed by atoms with Crippen molar-refractivity contribution >= 4 is 17.0 Å². The highest BCUT2D eigenvalue weighted by Gasteiger charge is 2.08. The van der Waals surface area contributed by atoms with E-state index in [1.54, 1.807) is 18.3 Å². The summed E-state index contributed by atoms with van der Waals surface area (Å²) >= 11 is 1.77. The highest BCUT2D eigenvalue weighted by molar-refractivity contribution is 7.09. The van der Waals surface area contributed by atoms with E-state index < -0.39 is 6.10 Å². The number of aliphatic hydroxyl groups is 1. The first kappa shape index (κ1) is 13.1. The summed E-state index contributed by atoms with van der Waals surface area (Å²) < 4.78 is 0. The van der Waals surface area contributed by atoms with Crippen molar-refractivity contribution < 1.29 is 5.11 Å². The predicted molar refractivity (Wildman–Crippen MR) is 75.9 cm³/mol. The summed E-state index contributed by atoms with van der Waals surface area (Å²) in [4.78, 5) is 7.90. The maximum Gasteiger partial charge on any atom is 0.0931 e. The molecule has 0 radical (unpaired) electrons. The molecule has 2 heterocycles. The number of hydrogen-bond donors (Lipinski definition) is 1. The van der Waals surface area contributed by atoms with Crippen molar-refractivity contribution in [2.24, 2.45) is 0 Å². The molecule has 2 rings (SSSR count). The molecule has 3 nitrogen and oxygen atoms in total. The third kappa shape index (κ3) is 3.09. The van der Waals surface area contributed by atoms with Gasteiger partial charge in [0.15, 0.2) is 0 Å². The lowest BCUT2D eigenvalue weighted by Gasteiger charge is -2.22. The van der Waals surface area contributed by atoms with E-state index in [4.69, 9.17) is 0 Å². The normalized spacial score (nSPS) is 12.4. The molecule has 0 aliphatic carbocycles. The fourth-order valence-electron chi connectivity index (χ4n) is 1.81. The highest BCUT2D eigenvalue weighted by atomic mass is 32.1. The van der Waals surface area contributed by atoms with Crippen LogP contribution in [-0.2, 0) is 6.54 Å². The largest absolute Gasteiger partial charge is 0.387 e. The molecule has 96 valence electrons. The number of hydrogen-bond acceptors (Lipinski definition) is 4. The first-order valence-electron chi connectivity index (χ1n) is 6.12. The molecule has 0 saturated carbocycles. The Morgan fingerprint density at radius 1 is 1.39 bits per heavy atom. The van der Waals surface area contributed by atoms with E-state index in [1.807, 2.05) is 18.3 Å². The number of anilines is 1. The molecule has 0 amide bonds. The molecule has 1 N–H and O–H groups in total. The van der Waals surface area contributed by atoms with Crippen LogP contribution < -0.4 is 4.90 Å². The standard InChI is InChI=1S/C14H18N2OS/c1-3-16(10-13-5-4-8-18-13)12-6-7-14(11(2)17)15-9-12/h4-9,11,17H,3,10H2,1-2H3. The molecular formula is C14H18N2OS. The van der Waals surface area contributed by atoms with Crippen LogP contribution in [0.25, 0.3) is 0 Å². The molecule has 18 heavy (non-hydrogen) atoms. The molecule has 0 aliphatic heterocycles. The summed E-state index contributed by atoms with van der Waals surface area (Å²) in [5.74, 6) is 0. The lowest BCUT2D eigenvalue weighted by Crippen LogP contribution is -2.21. The van der Waals surface area contributed by atoms with E-state index >= 15 is 0 Å². The van der Waals surface area contributed by atoms with Gasteiger partial charge in [-0.1, -0.05) is 6.07 Å². The Hall–Kier alpha value is -1.39. The van der Waals surface area contributed by atoms with Gasteiger partial charge in [0.2, 0.25) is 0 Å². The summed E-state index contributed by atoms with van der Waals surface area (Å²) in [6.07, 6.45) is 1.32. The zero-order valence-corrected chi connectivity index (χ0v) is 11.5. The molecule has 1 atom stereocenters. The third-order valence-corrected chi connectivity index (χ3v) is 3.73. The van der Waals surface area contributed by atoms with E-state index in [0.717, 1.165) is 18.8 Å². The van der Waals surface area contributed by atoms with E-state index in [-0.39, 0.29) is 0 Å². The molecule has 0 aromatic carbocycles. The number of nitrogens with zero attached hydrogens (tertiary/aromatic N) is 2. The Balaban J connectivity index is 2.12. The molecule has 0 bridgehead atoms. The van der Waals surface area contributed by atoms with Crippen LogP contribution in [0.1, 0.15) is 30.5 Å². The fourth-order valence-corrected chi connectivity index (χ4v) is 2.53. The van der Waals surface area contributed by atoms with Gasteiger partial charge in [-0.3, -0.25) is 4.98 Å². The molecule has 0 fully saturated rings. The predicted octanol–water partition coefficient (Wildman–Crippen LogP) is 3.22. The first-order chi connectivity index (χ1) is 8.70. The van der Waals surface area contributed by atoms with Crippen LogP contribution in [0.4, 0.5) is 5.69 Å². The van der Waals surface area contributed by atoms with Gasteiger partial charge in [-0.15, -0.1) is 11.3 Å². The summed E-state index contributed by atoms with van der Waals surface area (Å²) in [5, 5.41) is 11.5. The van der Waals surface area contributed by atoms with Gasteiger partial charge in [-0.05, 0) is 37.4 Å². The molecule has 4 heteroatoms. The van der Waals surface area contributed by atoms with E-state index in [9.17, 15) is 5.11 Å². The molecule has 2 aromatic heterocycles. The minimum Gasteiger partial charge on any atom is -0.387 e. The smallest absolute Gasteiger partial charge is 0.0931 e. The van der Waals surface area contributed by atoms with Crippen LogP contribution in [0.3, 0.4) is 0 Å². The minimum atomic E-state index is -0.508. The molecule has 0 spiro atoms. The number of aliphatic hydroxyl groups excluding tert-OH is 1. The van der Waals surface area contributed by atoms with E-state index in [0.29, 0.717) is 5.69 Å². The second-order valence-corrected chi connectivity index (χ2v) is 5.24. The lowest BCUT2D eigenvalue weighted by atomic mass is 10.2. The maximum absolute atomic E-state index is 9.44. The Morgan fingerprint density at radius 2 is 2.22 bits per heavy atom. The third-order valence-electron chi connectivity index (χ3n) is 2.87. The average molecular weight is 262 g/mol. The van der Waals surface area contributed by atoms with Gasteiger partial charge >= 0.3 is 0 Å². The van der Waals surface area contributed by atoms with Gasteiger partial charge < -0.3 is 10.0 Å². The van der Waals surface area contributed by atoms with E-state index in [2.05, 4.69) is 34.3 Å². The van der Waals surface area contributed by atoms with Crippen LogP contribution in [0, 0.1) is 0 Å². The van der Waals surface area contributed by atoms with Gasteiger partial charge in [-0.25, -0.2) is 0 Å². The molecule has 0 saturated heterocycles. The van der Waals surface area contributed by atoms with Crippen molar-refractivity contribution in [2.75, 3.05) is 11.4 Å². The Bertz CT molecular complexity index is 465. The second kappa shape index (κ2) is 5.98. The summed E-state index contributed by atoms with van der Waals surface area (Å²) in [6, 6.07) is 8.12. The van der Waals surface area contributed by atoms with Gasteiger partial charge in [0.1, 0.15) is 0 Å². The summed E-state index contributed by atoms with van der Waals surface area (Å²) in [5.41, 5.74) is 1.81. The quantitative estimate of drug-likeness (QED) is 0.898. The topological polar surface area (TPSA) is 36.4 Å². The minimum absolute atomic E-state index is 0.508. The van der Waals surface area contributed by atoms with Crippen LogP contribution in [0.5, 0.6) is 0 Å². The van der Waals surface area contributed by atoms with Crippen molar-refractivity contribution in [3.8, 4) is 0 Å². The van der Waals surface area contributed by atoms with Gasteiger partial charge in [0.25, 0.3) is 0 Å². The number of thiophene rings is 1. The molecule has 0 aliphatic rings. The maximum atomic E-state index is 9.44. The van der Waals surface area contributed by atoms with Crippen molar-refractivity contribution in [1.29, 1.82) is 0 Å². The monoisotopic (exact) mass is 262 g/mol. The Kier molecular flexibility index (Phi) is 4.33. The van der Waals surface area contributed by atoms with Gasteiger partial charge in [-0.2, -0.15) is 0 Å². The SMILES string of the molecule is CCN(Cc1cccs1)c1ccc(C(C)O)nc1. The fraction of sp³-hybridized carbons (Fsp3) is 0.357. The van der Waals surface area contributed by atoms with E-state index in [1.165, 1.54) is 4.88 Å². The van der Waals surface area contributed by atoms with Gasteiger partial charge in [0.05, 0.1) is 30.2 Å². The summed E-state index contributed by atoms with van der Waals surface area (Å²) in [7, 11) is 0. The number of pyridine rings is 1. The van der Waals surface area contributed by atoms with Gasteiger partial charge in [0, 0.05) is 11.4 Å². The number of aromatic nitrogens is 1. The van der Waals surface area contributed by atoms with Crippen LogP contribution in [0.15, 0.2) is 35.8 Å². The zero-order valence-electron chi connectivity index (χ0n) is 10.7. The van der Waals surface area contributed by atoms with Crippen LogP contribution in [-0.4, -0.2) is 16.6 Å². The molecule has 2 aromatic rings.